The van der Waals surface area contributed by atoms with Gasteiger partial charge < -0.3 is 10.4 Å². The topological polar surface area (TPSA) is 110 Å². The lowest BCUT2D eigenvalue weighted by molar-refractivity contribution is -0.384. The third kappa shape index (κ3) is 5.35. The Morgan fingerprint density at radius 1 is 1.14 bits per heavy atom. The summed E-state index contributed by atoms with van der Waals surface area (Å²) >= 11 is 0. The summed E-state index contributed by atoms with van der Waals surface area (Å²) < 4.78 is 12.9. The van der Waals surface area contributed by atoms with Crippen LogP contribution in [-0.2, 0) is 17.6 Å². The Morgan fingerprint density at radius 2 is 1.82 bits per heavy atom. The van der Waals surface area contributed by atoms with Crippen molar-refractivity contribution in [3.63, 3.8) is 0 Å². The van der Waals surface area contributed by atoms with Crippen LogP contribution in [0.3, 0.4) is 0 Å². The van der Waals surface area contributed by atoms with Gasteiger partial charge in [-0.25, -0.2) is 9.18 Å². The highest BCUT2D eigenvalue weighted by molar-refractivity contribution is 5.98. The molecular weight excluding hydrogens is 367 g/mol. The van der Waals surface area contributed by atoms with E-state index >= 15 is 0 Å². The number of halogens is 1. The molecule has 2 rings (SSSR count). The van der Waals surface area contributed by atoms with E-state index in [4.69, 9.17) is 0 Å². The average molecular weight is 388 g/mol. The van der Waals surface area contributed by atoms with Crippen LogP contribution in [-0.4, -0.2) is 21.9 Å². The molecule has 0 unspecified atom stereocenters. The van der Waals surface area contributed by atoms with Gasteiger partial charge in [0.2, 0.25) is 5.91 Å². The van der Waals surface area contributed by atoms with Gasteiger partial charge >= 0.3 is 5.97 Å². The second-order valence-corrected chi connectivity index (χ2v) is 6.28. The van der Waals surface area contributed by atoms with E-state index in [0.29, 0.717) is 19.3 Å². The highest BCUT2D eigenvalue weighted by Crippen LogP contribution is 2.32. The Morgan fingerprint density at radius 3 is 2.39 bits per heavy atom. The van der Waals surface area contributed by atoms with E-state index in [0.717, 1.165) is 11.6 Å². The molecule has 0 radical (unpaired) electrons. The number of aromatic carboxylic acids is 1. The average Bonchev–Trinajstić information content (AvgIpc) is 2.65. The number of nitrogens with one attached hydrogen (secondary N) is 1. The molecular formula is C20H21FN2O5. The van der Waals surface area contributed by atoms with E-state index in [-0.39, 0.29) is 41.2 Å². The van der Waals surface area contributed by atoms with Crippen LogP contribution in [0.2, 0.25) is 0 Å². The largest absolute Gasteiger partial charge is 0.478 e. The third-order valence-electron chi connectivity index (χ3n) is 4.37. The van der Waals surface area contributed by atoms with Crippen molar-refractivity contribution < 1.29 is 24.0 Å². The number of benzene rings is 2. The fourth-order valence-electron chi connectivity index (χ4n) is 2.96. The number of hydrogen-bond acceptors (Lipinski definition) is 4. The zero-order valence-electron chi connectivity index (χ0n) is 15.4. The molecule has 0 fully saturated rings. The molecule has 28 heavy (non-hydrogen) atoms. The van der Waals surface area contributed by atoms with Crippen molar-refractivity contribution in [2.45, 2.75) is 39.0 Å². The van der Waals surface area contributed by atoms with E-state index in [9.17, 15) is 29.2 Å². The Kier molecular flexibility index (Phi) is 7.20. The molecule has 0 atom stereocenters. The summed E-state index contributed by atoms with van der Waals surface area (Å²) in [4.78, 5) is 34.3. The zero-order valence-corrected chi connectivity index (χ0v) is 15.4. The number of carboxylic acid groups (broad SMARTS) is 1. The molecule has 2 aromatic carbocycles. The van der Waals surface area contributed by atoms with E-state index in [1.54, 1.807) is 19.1 Å². The lowest BCUT2D eigenvalue weighted by Gasteiger charge is -2.13. The summed E-state index contributed by atoms with van der Waals surface area (Å²) in [6.07, 6.45) is 2.28. The van der Waals surface area contributed by atoms with Crippen molar-refractivity contribution >= 4 is 23.3 Å². The smallest absolute Gasteiger partial charge is 0.336 e. The molecule has 0 spiro atoms. The number of carbonyl (C=O) groups is 2. The number of carboxylic acids is 1. The van der Waals surface area contributed by atoms with Gasteiger partial charge in [0.15, 0.2) is 0 Å². The minimum atomic E-state index is -1.21. The Labute approximate surface area is 161 Å². The third-order valence-corrected chi connectivity index (χ3v) is 4.37. The van der Waals surface area contributed by atoms with Crippen LogP contribution in [0, 0.1) is 15.9 Å². The van der Waals surface area contributed by atoms with Crippen LogP contribution in [0.5, 0.6) is 0 Å². The van der Waals surface area contributed by atoms with Crippen molar-refractivity contribution in [2.75, 3.05) is 5.32 Å². The van der Waals surface area contributed by atoms with E-state index in [1.165, 1.54) is 18.2 Å². The summed E-state index contributed by atoms with van der Waals surface area (Å²) in [5.74, 6) is -1.93. The Bertz CT molecular complexity index is 881. The van der Waals surface area contributed by atoms with Gasteiger partial charge in [-0.05, 0) is 55.0 Å². The molecule has 8 heteroatoms. The number of anilines is 1. The first kappa shape index (κ1) is 21.0. The first-order valence-corrected chi connectivity index (χ1v) is 8.91. The van der Waals surface area contributed by atoms with Crippen LogP contribution in [0.4, 0.5) is 15.8 Å². The first-order valence-electron chi connectivity index (χ1n) is 8.91. The number of hydrogen-bond donors (Lipinski definition) is 2. The molecule has 0 aliphatic carbocycles. The number of nitro groups is 1. The predicted molar refractivity (Wildman–Crippen MR) is 102 cm³/mol. The number of carbonyl (C=O) groups excluding carboxylic acids is 1. The second kappa shape index (κ2) is 9.59. The Hall–Kier alpha value is -3.29. The van der Waals surface area contributed by atoms with Crippen molar-refractivity contribution in [3.8, 4) is 0 Å². The monoisotopic (exact) mass is 388 g/mol. The van der Waals surface area contributed by atoms with Gasteiger partial charge in [-0.2, -0.15) is 0 Å². The fourth-order valence-corrected chi connectivity index (χ4v) is 2.96. The predicted octanol–water partition coefficient (Wildman–Crippen LogP) is 4.35. The summed E-state index contributed by atoms with van der Waals surface area (Å²) in [5.41, 5.74) is 0.721. The van der Waals surface area contributed by atoms with Crippen molar-refractivity contribution in [3.05, 3.63) is 69.0 Å². The summed E-state index contributed by atoms with van der Waals surface area (Å²) in [6.45, 7) is 1.67. The number of unbranched alkanes of at least 4 members (excludes halogenated alkanes) is 1. The van der Waals surface area contributed by atoms with Crippen LogP contribution in [0.1, 0.15) is 47.7 Å². The van der Waals surface area contributed by atoms with Crippen LogP contribution >= 0.6 is 0 Å². The van der Waals surface area contributed by atoms with E-state index in [1.807, 2.05) is 0 Å². The SMILES string of the molecule is CCc1c(C(=O)O)ccc([N+](=O)[O-])c1NC(=O)CCCCc1ccc(F)cc1. The highest BCUT2D eigenvalue weighted by atomic mass is 19.1. The quantitative estimate of drug-likeness (QED) is 0.377. The first-order chi connectivity index (χ1) is 13.3. The maximum absolute atomic E-state index is 12.9. The Balaban J connectivity index is 2.03. The summed E-state index contributed by atoms with van der Waals surface area (Å²) in [6, 6.07) is 8.39. The standard InChI is InChI=1S/C20H21FN2O5/c1-2-15-16(20(25)26)11-12-17(23(27)28)19(15)22-18(24)6-4-3-5-13-7-9-14(21)10-8-13/h7-12H,2-6H2,1H3,(H,22,24)(H,25,26). The second-order valence-electron chi connectivity index (χ2n) is 6.28. The molecule has 7 nitrogen and oxygen atoms in total. The molecule has 0 aliphatic rings. The normalized spacial score (nSPS) is 10.5. The van der Waals surface area contributed by atoms with Gasteiger partial charge in [0.25, 0.3) is 5.69 Å². The fraction of sp³-hybridized carbons (Fsp3) is 0.300. The van der Waals surface area contributed by atoms with Gasteiger partial charge in [0.05, 0.1) is 10.5 Å². The number of nitrogens with zero attached hydrogens (tertiary/aromatic N) is 1. The molecule has 0 bridgehead atoms. The molecule has 0 aromatic heterocycles. The van der Waals surface area contributed by atoms with Crippen LogP contribution in [0.25, 0.3) is 0 Å². The number of amides is 1. The van der Waals surface area contributed by atoms with Gasteiger partial charge in [0, 0.05) is 12.5 Å². The number of aryl methyl sites for hydroxylation is 1. The van der Waals surface area contributed by atoms with Crippen LogP contribution < -0.4 is 5.32 Å². The summed E-state index contributed by atoms with van der Waals surface area (Å²) in [5, 5.41) is 23.1. The molecule has 0 aliphatic heterocycles. The molecule has 0 heterocycles. The minimum Gasteiger partial charge on any atom is -0.478 e. The number of rotatable bonds is 9. The van der Waals surface area contributed by atoms with E-state index in [2.05, 4.69) is 5.32 Å². The van der Waals surface area contributed by atoms with Gasteiger partial charge in [-0.3, -0.25) is 14.9 Å². The maximum atomic E-state index is 12.9. The molecule has 2 aromatic rings. The van der Waals surface area contributed by atoms with E-state index < -0.39 is 16.8 Å². The minimum absolute atomic E-state index is 0.0593. The van der Waals surface area contributed by atoms with Gasteiger partial charge in [-0.1, -0.05) is 19.1 Å². The lowest BCUT2D eigenvalue weighted by atomic mass is 10.0. The van der Waals surface area contributed by atoms with Crippen LogP contribution in [0.15, 0.2) is 36.4 Å². The summed E-state index contributed by atoms with van der Waals surface area (Å²) in [7, 11) is 0. The van der Waals surface area contributed by atoms with Crippen molar-refractivity contribution in [1.29, 1.82) is 0 Å². The number of nitro benzene ring substituents is 1. The molecule has 0 saturated heterocycles. The maximum Gasteiger partial charge on any atom is 0.336 e. The van der Waals surface area contributed by atoms with Crippen molar-refractivity contribution in [2.24, 2.45) is 0 Å². The molecule has 148 valence electrons. The molecule has 2 N–H and O–H groups in total. The molecule has 1 amide bonds. The molecule has 0 saturated carbocycles. The van der Waals surface area contributed by atoms with Gasteiger partial charge in [0.1, 0.15) is 11.5 Å². The van der Waals surface area contributed by atoms with Crippen molar-refractivity contribution in [1.82, 2.24) is 0 Å². The van der Waals surface area contributed by atoms with Gasteiger partial charge in [-0.15, -0.1) is 0 Å². The lowest BCUT2D eigenvalue weighted by Crippen LogP contribution is -2.16. The highest BCUT2D eigenvalue weighted by Gasteiger charge is 2.24. The zero-order chi connectivity index (χ0) is 20.7.